The van der Waals surface area contributed by atoms with E-state index in [1.54, 1.807) is 6.26 Å². The van der Waals surface area contributed by atoms with Crippen molar-refractivity contribution in [3.8, 4) is 0 Å². The van der Waals surface area contributed by atoms with Crippen molar-refractivity contribution >= 4 is 24.9 Å². The molecule has 7 heavy (non-hydrogen) atoms. The molecule has 2 radical (unpaired) electrons. The molecule has 2 heteroatoms. The fraction of sp³-hybridized carbons (Fsp3) is 0.200. The van der Waals surface area contributed by atoms with Crippen molar-refractivity contribution in [2.45, 2.75) is 4.94 Å². The van der Waals surface area contributed by atoms with Gasteiger partial charge >= 0.3 is 52.7 Å². The van der Waals surface area contributed by atoms with Crippen LogP contribution >= 0.6 is 0 Å². The molecule has 0 aliphatic heterocycles. The molecule has 0 spiro atoms. The summed E-state index contributed by atoms with van der Waals surface area (Å²) in [7, 11) is 0. The molecule has 0 aliphatic rings. The van der Waals surface area contributed by atoms with Gasteiger partial charge in [-0.3, -0.25) is 0 Å². The molecule has 0 saturated carbocycles. The first-order chi connectivity index (χ1) is 3.43. The summed E-state index contributed by atoms with van der Waals surface area (Å²) >= 11 is -0.263. The van der Waals surface area contributed by atoms with E-state index in [9.17, 15) is 0 Å². The third-order valence-corrected chi connectivity index (χ3v) is 2.99. The molecule has 0 unspecified atom stereocenters. The van der Waals surface area contributed by atoms with Gasteiger partial charge in [-0.15, -0.1) is 0 Å². The first kappa shape index (κ1) is 5.22. The van der Waals surface area contributed by atoms with E-state index in [-0.39, 0.29) is 21.1 Å². The third kappa shape index (κ3) is 1.23. The molecule has 1 aromatic rings. The van der Waals surface area contributed by atoms with Crippen LogP contribution in [0.3, 0.4) is 0 Å². The van der Waals surface area contributed by atoms with Crippen molar-refractivity contribution in [2.75, 3.05) is 0 Å². The molecule has 0 saturated heterocycles. The second-order valence-electron chi connectivity index (χ2n) is 1.23. The van der Waals surface area contributed by atoms with Crippen LogP contribution in [-0.2, 0) is 0 Å². The zero-order valence-electron chi connectivity index (χ0n) is 4.14. The maximum absolute atomic E-state index is 5.06. The monoisotopic (exact) mass is 202 g/mol. The average molecular weight is 201 g/mol. The average Bonchev–Trinajstić information content (AvgIpc) is 2.14. The van der Waals surface area contributed by atoms with Crippen LogP contribution in [0.5, 0.6) is 0 Å². The summed E-state index contributed by atoms with van der Waals surface area (Å²) in [6.07, 6.45) is 1.74. The minimum atomic E-state index is -0.263. The second kappa shape index (κ2) is 2.40. The summed E-state index contributed by atoms with van der Waals surface area (Å²) in [6.45, 7) is 0. The van der Waals surface area contributed by atoms with Gasteiger partial charge in [0.05, 0.1) is 0 Å². The Morgan fingerprint density at radius 2 is 2.57 bits per heavy atom. The summed E-state index contributed by atoms with van der Waals surface area (Å²) in [4.78, 5) is 2.24. The van der Waals surface area contributed by atoms with Gasteiger partial charge in [-0.25, -0.2) is 0 Å². The van der Waals surface area contributed by atoms with Gasteiger partial charge in [-0.1, -0.05) is 0 Å². The Labute approximate surface area is 52.9 Å². The van der Waals surface area contributed by atoms with Crippen LogP contribution < -0.4 is 3.78 Å². The van der Waals surface area contributed by atoms with Gasteiger partial charge in [0, 0.05) is 0 Å². The zero-order chi connectivity index (χ0) is 5.11. The normalized spacial score (nSPS) is 9.29. The van der Waals surface area contributed by atoms with Crippen LogP contribution in [0.1, 0.15) is 0 Å². The van der Waals surface area contributed by atoms with E-state index in [4.69, 9.17) is 4.42 Å². The van der Waals surface area contributed by atoms with E-state index in [1.807, 2.05) is 12.1 Å². The van der Waals surface area contributed by atoms with Crippen LogP contribution in [0.4, 0.5) is 0 Å². The molecular formula is C5H6OSn. The number of rotatable bonds is 1. The summed E-state index contributed by atoms with van der Waals surface area (Å²) < 4.78 is 6.28. The first-order valence-electron chi connectivity index (χ1n) is 2.15. The Morgan fingerprint density at radius 3 is 2.86 bits per heavy atom. The zero-order valence-corrected chi connectivity index (χ0v) is 6.99. The van der Waals surface area contributed by atoms with E-state index in [0.29, 0.717) is 0 Å². The van der Waals surface area contributed by atoms with Crippen molar-refractivity contribution in [1.29, 1.82) is 0 Å². The standard InChI is InChI=1S/C4H3O.CH3.Sn/c1-2-4-5-3-1;;/h1-3H;1H3;. The van der Waals surface area contributed by atoms with Gasteiger partial charge in [0.25, 0.3) is 0 Å². The van der Waals surface area contributed by atoms with Gasteiger partial charge < -0.3 is 0 Å². The summed E-state index contributed by atoms with van der Waals surface area (Å²) in [5.74, 6) is 0. The van der Waals surface area contributed by atoms with Crippen LogP contribution in [0.15, 0.2) is 22.8 Å². The molecule has 0 fully saturated rings. The topological polar surface area (TPSA) is 13.1 Å². The van der Waals surface area contributed by atoms with Gasteiger partial charge in [0.15, 0.2) is 0 Å². The van der Waals surface area contributed by atoms with Gasteiger partial charge in [-0.05, 0) is 0 Å². The molecule has 0 atom stereocenters. The number of hydrogen-bond donors (Lipinski definition) is 0. The Kier molecular flexibility index (Phi) is 1.79. The van der Waals surface area contributed by atoms with Gasteiger partial charge in [0.1, 0.15) is 0 Å². The van der Waals surface area contributed by atoms with Crippen molar-refractivity contribution in [2.24, 2.45) is 0 Å². The van der Waals surface area contributed by atoms with Crippen molar-refractivity contribution < 1.29 is 4.42 Å². The first-order valence-corrected chi connectivity index (χ1v) is 6.43. The summed E-state index contributed by atoms with van der Waals surface area (Å²) in [5.41, 5.74) is 0. The molecule has 0 aliphatic carbocycles. The fourth-order valence-electron chi connectivity index (χ4n) is 0.421. The number of furan rings is 1. The van der Waals surface area contributed by atoms with Gasteiger partial charge in [0.2, 0.25) is 0 Å². The molecule has 0 amide bonds. The molecule has 0 aromatic carbocycles. The fourth-order valence-corrected chi connectivity index (χ4v) is 1.70. The molecule has 1 nitrogen and oxygen atoms in total. The summed E-state index contributed by atoms with van der Waals surface area (Å²) in [5, 5.41) is 0. The Morgan fingerprint density at radius 1 is 1.71 bits per heavy atom. The van der Waals surface area contributed by atoms with Gasteiger partial charge in [-0.2, -0.15) is 0 Å². The molecule has 1 heterocycles. The molecule has 1 aromatic heterocycles. The quantitative estimate of drug-likeness (QED) is 0.608. The molecular weight excluding hydrogens is 195 g/mol. The van der Waals surface area contributed by atoms with Crippen LogP contribution in [0, 0.1) is 0 Å². The van der Waals surface area contributed by atoms with E-state index in [2.05, 4.69) is 4.94 Å². The molecule has 36 valence electrons. The third-order valence-electron chi connectivity index (χ3n) is 0.768. The predicted octanol–water partition coefficient (Wildman–Crippen LogP) is 0.657. The Bertz CT molecular complexity index is 123. The Balaban J connectivity index is 2.76. The van der Waals surface area contributed by atoms with Crippen LogP contribution in [-0.4, -0.2) is 21.1 Å². The van der Waals surface area contributed by atoms with Crippen LogP contribution in [0.2, 0.25) is 4.94 Å². The van der Waals surface area contributed by atoms with E-state index in [0.717, 1.165) is 0 Å². The molecule has 0 bridgehead atoms. The van der Waals surface area contributed by atoms with Crippen molar-refractivity contribution in [1.82, 2.24) is 0 Å². The predicted molar refractivity (Wildman–Crippen MR) is 30.0 cm³/mol. The maximum atomic E-state index is 5.06. The summed E-state index contributed by atoms with van der Waals surface area (Å²) in [6, 6.07) is 3.99. The van der Waals surface area contributed by atoms with Crippen molar-refractivity contribution in [3.63, 3.8) is 0 Å². The van der Waals surface area contributed by atoms with Crippen molar-refractivity contribution in [3.05, 3.63) is 18.4 Å². The number of hydrogen-bond acceptors (Lipinski definition) is 1. The SMILES string of the molecule is [CH3][Sn][c]1ccco1. The Hall–Kier alpha value is 0.0787. The van der Waals surface area contributed by atoms with E-state index in [1.165, 1.54) is 3.78 Å². The van der Waals surface area contributed by atoms with Crippen LogP contribution in [0.25, 0.3) is 0 Å². The van der Waals surface area contributed by atoms with E-state index >= 15 is 0 Å². The minimum absolute atomic E-state index is 0.263. The molecule has 1 rings (SSSR count). The van der Waals surface area contributed by atoms with E-state index < -0.39 is 0 Å². The second-order valence-corrected chi connectivity index (χ2v) is 4.06. The molecule has 0 N–H and O–H groups in total.